The molecule has 1 heterocycles. The van der Waals surface area contributed by atoms with E-state index in [0.29, 0.717) is 21.6 Å². The third-order valence-electron chi connectivity index (χ3n) is 4.52. The molecule has 0 saturated carbocycles. The van der Waals surface area contributed by atoms with E-state index in [1.807, 2.05) is 43.3 Å². The lowest BCUT2D eigenvalue weighted by molar-refractivity contribution is -0.121. The molecule has 0 atom stereocenters. The summed E-state index contributed by atoms with van der Waals surface area (Å²) in [4.78, 5) is 19.5. The molecule has 1 saturated heterocycles. The number of amides is 1. The third-order valence-corrected chi connectivity index (χ3v) is 5.58. The fourth-order valence-electron chi connectivity index (χ4n) is 2.72. The van der Waals surface area contributed by atoms with Crippen LogP contribution in [-0.2, 0) is 4.79 Å². The van der Waals surface area contributed by atoms with Gasteiger partial charge in [0.25, 0.3) is 5.91 Å². The van der Waals surface area contributed by atoms with E-state index in [0.717, 1.165) is 11.3 Å². The zero-order chi connectivity index (χ0) is 21.0. The Bertz CT molecular complexity index is 1050. The number of hydrogen-bond donors (Lipinski definition) is 0. The number of rotatable bonds is 5. The molecular weight excluding hydrogens is 384 g/mol. The van der Waals surface area contributed by atoms with Gasteiger partial charge < -0.3 is 9.47 Å². The van der Waals surface area contributed by atoms with E-state index in [4.69, 9.17) is 15.9 Å². The number of thioether (sulfide) groups is 1. The maximum Gasteiger partial charge on any atom is 0.266 e. The molecule has 0 bridgehead atoms. The second kappa shape index (κ2) is 8.89. The smallest absolute Gasteiger partial charge is 0.266 e. The highest BCUT2D eigenvalue weighted by Crippen LogP contribution is 2.35. The first kappa shape index (κ1) is 20.6. The van der Waals surface area contributed by atoms with Crippen molar-refractivity contribution in [3.63, 3.8) is 0 Å². The summed E-state index contributed by atoms with van der Waals surface area (Å²) >= 11 is 1.35. The average molecular weight is 407 g/mol. The van der Waals surface area contributed by atoms with E-state index in [2.05, 4.69) is 17.8 Å². The van der Waals surface area contributed by atoms with Gasteiger partial charge in [0, 0.05) is 7.05 Å². The molecule has 1 aliphatic rings. The summed E-state index contributed by atoms with van der Waals surface area (Å²) in [5.74, 6) is 3.45. The SMILES string of the molecule is C#CCOc1ccc(/C=C2/SC(=Nc3ccc(C)c(C)c3)N(C)C2=O)cc1OC. The number of benzene rings is 2. The van der Waals surface area contributed by atoms with E-state index in [1.165, 1.54) is 22.9 Å². The first-order valence-electron chi connectivity index (χ1n) is 9.00. The number of methoxy groups -OCH3 is 1. The van der Waals surface area contributed by atoms with Crippen molar-refractivity contribution in [2.75, 3.05) is 20.8 Å². The second-order valence-corrected chi connectivity index (χ2v) is 7.55. The first-order valence-corrected chi connectivity index (χ1v) is 9.82. The van der Waals surface area contributed by atoms with Crippen molar-refractivity contribution in [1.29, 1.82) is 0 Å². The minimum atomic E-state index is -0.0933. The van der Waals surface area contributed by atoms with E-state index in [1.54, 1.807) is 25.1 Å². The predicted octanol–water partition coefficient (Wildman–Crippen LogP) is 4.56. The van der Waals surface area contributed by atoms with Crippen LogP contribution in [0.5, 0.6) is 11.5 Å². The van der Waals surface area contributed by atoms with Crippen molar-refractivity contribution in [1.82, 2.24) is 4.90 Å². The Morgan fingerprint density at radius 2 is 1.97 bits per heavy atom. The van der Waals surface area contributed by atoms with Gasteiger partial charge in [0.15, 0.2) is 16.7 Å². The highest BCUT2D eigenvalue weighted by atomic mass is 32.2. The molecule has 0 unspecified atom stereocenters. The van der Waals surface area contributed by atoms with Crippen LogP contribution in [0.15, 0.2) is 46.3 Å². The van der Waals surface area contributed by atoms with E-state index >= 15 is 0 Å². The molecule has 2 aromatic rings. The van der Waals surface area contributed by atoms with Crippen LogP contribution >= 0.6 is 11.8 Å². The molecule has 3 rings (SSSR count). The Balaban J connectivity index is 1.87. The van der Waals surface area contributed by atoms with Gasteiger partial charge in [-0.1, -0.05) is 18.1 Å². The predicted molar refractivity (Wildman–Crippen MR) is 119 cm³/mol. The zero-order valence-electron chi connectivity index (χ0n) is 16.9. The van der Waals surface area contributed by atoms with Crippen LogP contribution in [0.25, 0.3) is 6.08 Å². The van der Waals surface area contributed by atoms with E-state index < -0.39 is 0 Å². The number of aliphatic imine (C=N–C) groups is 1. The van der Waals surface area contributed by atoms with Crippen molar-refractivity contribution >= 4 is 34.6 Å². The number of hydrogen-bond acceptors (Lipinski definition) is 5. The fraction of sp³-hybridized carbons (Fsp3) is 0.217. The quantitative estimate of drug-likeness (QED) is 0.540. The number of amidine groups is 1. The Morgan fingerprint density at radius 3 is 2.66 bits per heavy atom. The van der Waals surface area contributed by atoms with Crippen molar-refractivity contribution in [3.05, 3.63) is 58.0 Å². The first-order chi connectivity index (χ1) is 13.9. The van der Waals surface area contributed by atoms with Gasteiger partial charge in [0.1, 0.15) is 6.61 Å². The molecule has 0 aromatic heterocycles. The van der Waals surface area contributed by atoms with E-state index in [-0.39, 0.29) is 12.5 Å². The number of likely N-dealkylation sites (N-methyl/N-ethyl adjacent to an activating group) is 1. The molecule has 1 amide bonds. The molecule has 1 aliphatic heterocycles. The number of ether oxygens (including phenoxy) is 2. The summed E-state index contributed by atoms with van der Waals surface area (Å²) < 4.78 is 10.8. The molecule has 6 heteroatoms. The maximum atomic E-state index is 12.7. The summed E-state index contributed by atoms with van der Waals surface area (Å²) in [6.07, 6.45) is 7.06. The van der Waals surface area contributed by atoms with Gasteiger partial charge in [0.05, 0.1) is 17.7 Å². The molecule has 0 radical (unpaired) electrons. The molecule has 0 N–H and O–H groups in total. The molecule has 2 aromatic carbocycles. The van der Waals surface area contributed by atoms with Gasteiger partial charge in [-0.3, -0.25) is 9.69 Å². The van der Waals surface area contributed by atoms with Crippen molar-refractivity contribution < 1.29 is 14.3 Å². The van der Waals surface area contributed by atoms with E-state index in [9.17, 15) is 4.79 Å². The monoisotopic (exact) mass is 406 g/mol. The van der Waals surface area contributed by atoms with Crippen molar-refractivity contribution in [3.8, 4) is 23.8 Å². The summed E-state index contributed by atoms with van der Waals surface area (Å²) in [5.41, 5.74) is 4.03. The topological polar surface area (TPSA) is 51.1 Å². The van der Waals surface area contributed by atoms with Gasteiger partial charge >= 0.3 is 0 Å². The molecule has 5 nitrogen and oxygen atoms in total. The number of nitrogens with zero attached hydrogens (tertiary/aromatic N) is 2. The van der Waals surface area contributed by atoms with Crippen LogP contribution in [0.1, 0.15) is 16.7 Å². The van der Waals surface area contributed by atoms with Crippen LogP contribution in [-0.4, -0.2) is 36.7 Å². The number of aryl methyl sites for hydroxylation is 2. The third kappa shape index (κ3) is 4.64. The average Bonchev–Trinajstić information content (AvgIpc) is 2.97. The zero-order valence-corrected chi connectivity index (χ0v) is 17.7. The Labute approximate surface area is 175 Å². The van der Waals surface area contributed by atoms with Crippen LogP contribution in [0.4, 0.5) is 5.69 Å². The van der Waals surface area contributed by atoms with Crippen molar-refractivity contribution in [2.24, 2.45) is 4.99 Å². The van der Waals surface area contributed by atoms with Gasteiger partial charge in [-0.15, -0.1) is 6.42 Å². The lowest BCUT2D eigenvalue weighted by atomic mass is 10.1. The number of terminal acetylenes is 1. The number of carbonyl (C=O) groups excluding carboxylic acids is 1. The second-order valence-electron chi connectivity index (χ2n) is 6.54. The molecule has 148 valence electrons. The highest BCUT2D eigenvalue weighted by molar-refractivity contribution is 8.18. The molecular formula is C23H22N2O3S. The minimum absolute atomic E-state index is 0.0933. The molecule has 0 aliphatic carbocycles. The van der Waals surface area contributed by atoms with Gasteiger partial charge in [-0.05, 0) is 72.6 Å². The highest BCUT2D eigenvalue weighted by Gasteiger charge is 2.30. The van der Waals surface area contributed by atoms with Crippen molar-refractivity contribution in [2.45, 2.75) is 13.8 Å². The van der Waals surface area contributed by atoms with Crippen LogP contribution in [0.3, 0.4) is 0 Å². The van der Waals surface area contributed by atoms with Gasteiger partial charge in [0.2, 0.25) is 0 Å². The van der Waals surface area contributed by atoms with Gasteiger partial charge in [-0.2, -0.15) is 0 Å². The Kier molecular flexibility index (Phi) is 6.30. The maximum absolute atomic E-state index is 12.7. The normalized spacial score (nSPS) is 16.4. The lowest BCUT2D eigenvalue weighted by Gasteiger charge is -2.09. The largest absolute Gasteiger partial charge is 0.493 e. The molecule has 29 heavy (non-hydrogen) atoms. The molecule has 1 fully saturated rings. The lowest BCUT2D eigenvalue weighted by Crippen LogP contribution is -2.23. The minimum Gasteiger partial charge on any atom is -0.493 e. The summed E-state index contributed by atoms with van der Waals surface area (Å²) in [6, 6.07) is 11.4. The summed E-state index contributed by atoms with van der Waals surface area (Å²) in [5, 5.41) is 0.644. The Morgan fingerprint density at radius 1 is 1.17 bits per heavy atom. The number of carbonyl (C=O) groups is 1. The standard InChI is InChI=1S/C23H22N2O3S/c1-6-11-28-19-10-8-17(13-20(19)27-5)14-21-22(26)25(4)23(29-21)24-18-9-7-15(2)16(3)12-18/h1,7-10,12-14H,11H2,2-5H3/b21-14+,24-23?. The summed E-state index contributed by atoms with van der Waals surface area (Å²) in [7, 11) is 3.29. The van der Waals surface area contributed by atoms with Crippen LogP contribution in [0.2, 0.25) is 0 Å². The van der Waals surface area contributed by atoms with Crippen LogP contribution in [0, 0.1) is 26.2 Å². The van der Waals surface area contributed by atoms with Crippen LogP contribution < -0.4 is 9.47 Å². The van der Waals surface area contributed by atoms with Gasteiger partial charge in [-0.25, -0.2) is 4.99 Å². The summed E-state index contributed by atoms with van der Waals surface area (Å²) in [6.45, 7) is 4.27. The molecule has 0 spiro atoms. The fourth-order valence-corrected chi connectivity index (χ4v) is 3.71. The Hall–Kier alpha value is -3.17.